The van der Waals surface area contributed by atoms with Crippen LogP contribution in [0.3, 0.4) is 0 Å². The molecule has 5 N–H and O–H groups in total. The SMILES string of the molecule is N=C(N)N.[Cl-].[Mg+][CH2]c1ccccc1. The van der Waals surface area contributed by atoms with Crippen LogP contribution in [0.1, 0.15) is 5.56 Å². The van der Waals surface area contributed by atoms with E-state index in [2.05, 4.69) is 35.7 Å². The summed E-state index contributed by atoms with van der Waals surface area (Å²) < 4.78 is 1.17. The molecule has 0 bridgehead atoms. The molecule has 0 fully saturated rings. The zero-order valence-electron chi connectivity index (χ0n) is 7.33. The molecule has 1 aromatic rings. The molecule has 68 valence electrons. The van der Waals surface area contributed by atoms with Crippen molar-refractivity contribution in [3.8, 4) is 0 Å². The van der Waals surface area contributed by atoms with Gasteiger partial charge in [0, 0.05) is 0 Å². The molecule has 0 aliphatic rings. The molecule has 0 aliphatic heterocycles. The molecule has 0 radical (unpaired) electrons. The summed E-state index contributed by atoms with van der Waals surface area (Å²) >= 11 is 1.98. The molecule has 3 nitrogen and oxygen atoms in total. The van der Waals surface area contributed by atoms with Gasteiger partial charge in [0.25, 0.3) is 0 Å². The van der Waals surface area contributed by atoms with E-state index in [1.807, 2.05) is 27.8 Å². The normalized spacial score (nSPS) is 7.54. The Kier molecular flexibility index (Phi) is 11.1. The molecule has 0 heterocycles. The van der Waals surface area contributed by atoms with Crippen LogP contribution in [0.25, 0.3) is 0 Å². The van der Waals surface area contributed by atoms with Gasteiger partial charge in [-0.3, -0.25) is 5.41 Å². The molecular formula is C8H12ClMgN3. The van der Waals surface area contributed by atoms with Crippen molar-refractivity contribution >= 4 is 27.7 Å². The van der Waals surface area contributed by atoms with E-state index >= 15 is 0 Å². The van der Waals surface area contributed by atoms with E-state index in [0.29, 0.717) is 0 Å². The van der Waals surface area contributed by atoms with Crippen LogP contribution in [0.15, 0.2) is 30.3 Å². The van der Waals surface area contributed by atoms with Gasteiger partial charge in [-0.15, -0.1) is 0 Å². The Morgan fingerprint density at radius 3 is 1.85 bits per heavy atom. The van der Waals surface area contributed by atoms with E-state index < -0.39 is 0 Å². The van der Waals surface area contributed by atoms with E-state index in [9.17, 15) is 0 Å². The molecule has 0 aromatic heterocycles. The van der Waals surface area contributed by atoms with Crippen LogP contribution in [-0.4, -0.2) is 27.7 Å². The Morgan fingerprint density at radius 2 is 1.62 bits per heavy atom. The molecule has 0 aliphatic carbocycles. The molecule has 0 atom stereocenters. The second kappa shape index (κ2) is 9.63. The number of benzene rings is 1. The molecule has 0 spiro atoms. The van der Waals surface area contributed by atoms with Crippen LogP contribution in [0.2, 0.25) is 0 Å². The summed E-state index contributed by atoms with van der Waals surface area (Å²) in [5.74, 6) is -0.333. The number of rotatable bonds is 1. The van der Waals surface area contributed by atoms with Crippen molar-refractivity contribution < 1.29 is 12.4 Å². The number of hydrogen-bond donors (Lipinski definition) is 3. The van der Waals surface area contributed by atoms with Gasteiger partial charge in [0.2, 0.25) is 0 Å². The third kappa shape index (κ3) is 11.5. The first-order chi connectivity index (χ1) is 5.66. The predicted molar refractivity (Wildman–Crippen MR) is 52.0 cm³/mol. The second-order valence-electron chi connectivity index (χ2n) is 2.19. The van der Waals surface area contributed by atoms with Crippen molar-refractivity contribution in [1.29, 1.82) is 5.41 Å². The first kappa shape index (κ1) is 15.0. The average molecular weight is 210 g/mol. The number of nitrogens with one attached hydrogen (secondary N) is 1. The van der Waals surface area contributed by atoms with E-state index in [4.69, 9.17) is 5.41 Å². The summed E-state index contributed by atoms with van der Waals surface area (Å²) in [6.07, 6.45) is 0. The molecular weight excluding hydrogens is 198 g/mol. The van der Waals surface area contributed by atoms with Crippen LogP contribution < -0.4 is 23.9 Å². The van der Waals surface area contributed by atoms with Crippen molar-refractivity contribution in [2.24, 2.45) is 11.5 Å². The molecule has 13 heavy (non-hydrogen) atoms. The van der Waals surface area contributed by atoms with E-state index in [-0.39, 0.29) is 18.4 Å². The molecule has 0 saturated carbocycles. The number of nitrogens with two attached hydrogens (primary N) is 2. The molecule has 1 rings (SSSR count). The first-order valence-electron chi connectivity index (χ1n) is 3.59. The molecule has 0 amide bonds. The molecule has 5 heteroatoms. The number of hydrogen-bond acceptors (Lipinski definition) is 1. The van der Waals surface area contributed by atoms with Crippen molar-refractivity contribution in [2.75, 3.05) is 0 Å². The Morgan fingerprint density at radius 1 is 1.23 bits per heavy atom. The summed E-state index contributed by atoms with van der Waals surface area (Å²) in [6.45, 7) is 0. The minimum atomic E-state index is -0.333. The minimum absolute atomic E-state index is 0. The first-order valence-corrected chi connectivity index (χ1v) is 4.59. The summed E-state index contributed by atoms with van der Waals surface area (Å²) in [5, 5.41) is 6.06. The number of guanidine groups is 1. The summed E-state index contributed by atoms with van der Waals surface area (Å²) in [5.41, 5.74) is 10.4. The van der Waals surface area contributed by atoms with Crippen LogP contribution in [0.4, 0.5) is 0 Å². The van der Waals surface area contributed by atoms with Crippen molar-refractivity contribution in [3.05, 3.63) is 35.9 Å². The fourth-order valence-corrected chi connectivity index (χ4v) is 0.978. The maximum absolute atomic E-state index is 6.06. The van der Waals surface area contributed by atoms with Crippen LogP contribution in [0, 0.1) is 5.41 Å². The van der Waals surface area contributed by atoms with Crippen LogP contribution in [-0.2, 0) is 4.55 Å². The van der Waals surface area contributed by atoms with Gasteiger partial charge in [-0.05, 0) is 0 Å². The van der Waals surface area contributed by atoms with Gasteiger partial charge in [-0.1, -0.05) is 0 Å². The van der Waals surface area contributed by atoms with Crippen molar-refractivity contribution in [1.82, 2.24) is 0 Å². The molecule has 1 aromatic carbocycles. The van der Waals surface area contributed by atoms with Crippen LogP contribution >= 0.6 is 0 Å². The third-order valence-corrected chi connectivity index (χ3v) is 1.71. The standard InChI is InChI=1S/C7H7.CH5N3.ClH.Mg/c1-7-5-3-2-4-6-7;2-1(3)4;;/h2-6H,1H2;(H5,2,3,4);1H;/q;;;+1/p-1. The van der Waals surface area contributed by atoms with Gasteiger partial charge >= 0.3 is 62.2 Å². The van der Waals surface area contributed by atoms with Gasteiger partial charge in [0.05, 0.1) is 0 Å². The van der Waals surface area contributed by atoms with Gasteiger partial charge in [-0.25, -0.2) is 0 Å². The quantitative estimate of drug-likeness (QED) is 0.266. The predicted octanol–water partition coefficient (Wildman–Crippen LogP) is -2.80. The van der Waals surface area contributed by atoms with E-state index in [0.717, 1.165) is 0 Å². The summed E-state index contributed by atoms with van der Waals surface area (Å²) in [6, 6.07) is 10.5. The van der Waals surface area contributed by atoms with Crippen LogP contribution in [0.5, 0.6) is 0 Å². The molecule has 0 saturated heterocycles. The van der Waals surface area contributed by atoms with E-state index in [1.165, 1.54) is 10.1 Å². The average Bonchev–Trinajstić information content (AvgIpc) is 2.05. The van der Waals surface area contributed by atoms with E-state index in [1.54, 1.807) is 0 Å². The third-order valence-electron chi connectivity index (χ3n) is 1.13. The molecule has 0 unspecified atom stereocenters. The topological polar surface area (TPSA) is 75.9 Å². The van der Waals surface area contributed by atoms with Crippen molar-refractivity contribution in [3.63, 3.8) is 0 Å². The Hall–Kier alpha value is -0.454. The van der Waals surface area contributed by atoms with Gasteiger partial charge < -0.3 is 23.9 Å². The Bertz CT molecular complexity index is 224. The monoisotopic (exact) mass is 209 g/mol. The Balaban J connectivity index is 0. The fraction of sp³-hybridized carbons (Fsp3) is 0.125. The van der Waals surface area contributed by atoms with Gasteiger partial charge in [0.15, 0.2) is 5.96 Å². The zero-order valence-corrected chi connectivity index (χ0v) is 9.50. The van der Waals surface area contributed by atoms with Gasteiger partial charge in [-0.2, -0.15) is 0 Å². The van der Waals surface area contributed by atoms with Gasteiger partial charge in [0.1, 0.15) is 0 Å². The summed E-state index contributed by atoms with van der Waals surface area (Å²) in [4.78, 5) is 0. The van der Waals surface area contributed by atoms with Crippen molar-refractivity contribution in [2.45, 2.75) is 4.55 Å². The zero-order chi connectivity index (χ0) is 9.40. The maximum atomic E-state index is 6.06. The number of halogens is 1. The Labute approximate surface area is 97.2 Å². The second-order valence-corrected chi connectivity index (χ2v) is 2.69. The summed E-state index contributed by atoms with van der Waals surface area (Å²) in [7, 11) is 0. The fourth-order valence-electron chi connectivity index (χ4n) is 0.645.